The van der Waals surface area contributed by atoms with Crippen molar-refractivity contribution in [2.24, 2.45) is 0 Å². The van der Waals surface area contributed by atoms with E-state index in [-0.39, 0.29) is 6.04 Å². The zero-order valence-corrected chi connectivity index (χ0v) is 14.1. The Bertz CT molecular complexity index is 616. The van der Waals surface area contributed by atoms with Crippen LogP contribution in [0.4, 0.5) is 0 Å². The second-order valence-electron chi connectivity index (χ2n) is 6.23. The summed E-state index contributed by atoms with van der Waals surface area (Å²) in [5.74, 6) is 0.924. The molecule has 1 saturated heterocycles. The number of ether oxygens (including phenoxy) is 1. The van der Waals surface area contributed by atoms with Crippen molar-refractivity contribution in [3.8, 4) is 5.75 Å². The predicted molar refractivity (Wildman–Crippen MR) is 95.1 cm³/mol. The van der Waals surface area contributed by atoms with Crippen molar-refractivity contribution in [1.29, 1.82) is 0 Å². The summed E-state index contributed by atoms with van der Waals surface area (Å²) in [4.78, 5) is 2.58. The minimum absolute atomic E-state index is 0.283. The lowest BCUT2D eigenvalue weighted by Crippen LogP contribution is -2.33. The van der Waals surface area contributed by atoms with Crippen LogP contribution in [0.5, 0.6) is 5.75 Å². The summed E-state index contributed by atoms with van der Waals surface area (Å²) in [6.07, 6.45) is 1.19. The van der Waals surface area contributed by atoms with Gasteiger partial charge in [0, 0.05) is 19.6 Å². The van der Waals surface area contributed by atoms with E-state index in [1.165, 1.54) is 23.1 Å². The molecule has 3 rings (SSSR count). The maximum Gasteiger partial charge on any atom is 0.119 e. The molecular weight excluding hydrogens is 284 g/mol. The Hall–Kier alpha value is -1.84. The van der Waals surface area contributed by atoms with Gasteiger partial charge >= 0.3 is 0 Å². The number of hydrogen-bond acceptors (Lipinski definition) is 3. The molecule has 23 heavy (non-hydrogen) atoms. The van der Waals surface area contributed by atoms with Crippen molar-refractivity contribution in [2.75, 3.05) is 33.3 Å². The Balaban J connectivity index is 1.99. The number of nitrogens with zero attached hydrogens (tertiary/aromatic N) is 1. The maximum absolute atomic E-state index is 5.44. The zero-order chi connectivity index (χ0) is 16.1. The number of hydrogen-bond donors (Lipinski definition) is 1. The third-order valence-electron chi connectivity index (χ3n) is 4.54. The van der Waals surface area contributed by atoms with Crippen molar-refractivity contribution < 1.29 is 4.74 Å². The summed E-state index contributed by atoms with van der Waals surface area (Å²) in [6, 6.07) is 17.7. The molecule has 3 nitrogen and oxygen atoms in total. The van der Waals surface area contributed by atoms with Crippen LogP contribution in [0.25, 0.3) is 0 Å². The lowest BCUT2D eigenvalue weighted by Gasteiger charge is -2.31. The molecule has 1 unspecified atom stereocenters. The Morgan fingerprint density at radius 1 is 1.00 bits per heavy atom. The molecule has 1 aliphatic rings. The third kappa shape index (κ3) is 3.92. The average molecular weight is 310 g/mol. The average Bonchev–Trinajstić information content (AvgIpc) is 2.86. The minimum atomic E-state index is 0.283. The van der Waals surface area contributed by atoms with Crippen molar-refractivity contribution >= 4 is 0 Å². The first kappa shape index (κ1) is 16.0. The highest BCUT2D eigenvalue weighted by molar-refractivity contribution is 5.37. The van der Waals surface area contributed by atoms with Crippen molar-refractivity contribution in [1.82, 2.24) is 10.2 Å². The van der Waals surface area contributed by atoms with Crippen LogP contribution < -0.4 is 10.1 Å². The SMILES string of the molecule is COc1cccc(C(c2ccc(C)cc2)N2CCCNCC2)c1. The van der Waals surface area contributed by atoms with Gasteiger partial charge in [0.15, 0.2) is 0 Å². The molecule has 122 valence electrons. The number of rotatable bonds is 4. The van der Waals surface area contributed by atoms with E-state index >= 15 is 0 Å². The summed E-state index contributed by atoms with van der Waals surface area (Å²) in [7, 11) is 1.73. The van der Waals surface area contributed by atoms with Crippen molar-refractivity contribution in [3.63, 3.8) is 0 Å². The number of methoxy groups -OCH3 is 1. The van der Waals surface area contributed by atoms with E-state index in [0.717, 1.165) is 31.9 Å². The van der Waals surface area contributed by atoms with E-state index in [1.54, 1.807) is 7.11 Å². The molecule has 2 aromatic rings. The van der Waals surface area contributed by atoms with Gasteiger partial charge in [-0.2, -0.15) is 0 Å². The second kappa shape index (κ2) is 7.62. The highest BCUT2D eigenvalue weighted by atomic mass is 16.5. The van der Waals surface area contributed by atoms with Crippen LogP contribution in [-0.2, 0) is 0 Å². The highest BCUT2D eigenvalue weighted by Crippen LogP contribution is 2.31. The van der Waals surface area contributed by atoms with Crippen molar-refractivity contribution in [2.45, 2.75) is 19.4 Å². The third-order valence-corrected chi connectivity index (χ3v) is 4.54. The molecule has 1 heterocycles. The summed E-state index contributed by atoms with van der Waals surface area (Å²) < 4.78 is 5.44. The first-order chi connectivity index (χ1) is 11.3. The first-order valence-electron chi connectivity index (χ1n) is 8.43. The lowest BCUT2D eigenvalue weighted by atomic mass is 9.95. The summed E-state index contributed by atoms with van der Waals surface area (Å²) >= 11 is 0. The van der Waals surface area contributed by atoms with Gasteiger partial charge < -0.3 is 10.1 Å². The second-order valence-corrected chi connectivity index (χ2v) is 6.23. The number of nitrogens with one attached hydrogen (secondary N) is 1. The van der Waals surface area contributed by atoms with Crippen LogP contribution in [0.3, 0.4) is 0 Å². The smallest absolute Gasteiger partial charge is 0.119 e. The van der Waals surface area contributed by atoms with Gasteiger partial charge in [-0.3, -0.25) is 4.90 Å². The molecule has 0 aliphatic carbocycles. The van der Waals surface area contributed by atoms with Crippen LogP contribution in [0, 0.1) is 6.92 Å². The van der Waals surface area contributed by atoms with Gasteiger partial charge in [-0.15, -0.1) is 0 Å². The molecule has 1 atom stereocenters. The fourth-order valence-electron chi connectivity index (χ4n) is 3.30. The molecule has 2 aromatic carbocycles. The van der Waals surface area contributed by atoms with E-state index in [9.17, 15) is 0 Å². The largest absolute Gasteiger partial charge is 0.497 e. The van der Waals surface area contributed by atoms with Gasteiger partial charge in [0.25, 0.3) is 0 Å². The molecule has 1 aliphatic heterocycles. The van der Waals surface area contributed by atoms with Gasteiger partial charge in [-0.25, -0.2) is 0 Å². The predicted octanol–water partition coefficient (Wildman–Crippen LogP) is 3.39. The van der Waals surface area contributed by atoms with E-state index in [0.29, 0.717) is 0 Å². The first-order valence-corrected chi connectivity index (χ1v) is 8.43. The quantitative estimate of drug-likeness (QED) is 0.937. The van der Waals surface area contributed by atoms with E-state index in [4.69, 9.17) is 4.74 Å². The van der Waals surface area contributed by atoms with Crippen LogP contribution in [0.1, 0.15) is 29.2 Å². The standard InChI is InChI=1S/C20H26N2O/c1-16-7-9-17(10-8-16)20(22-13-4-11-21-12-14-22)18-5-3-6-19(15-18)23-2/h3,5-10,15,20-21H,4,11-14H2,1-2H3. The Morgan fingerprint density at radius 2 is 1.83 bits per heavy atom. The molecule has 3 heteroatoms. The van der Waals surface area contributed by atoms with Gasteiger partial charge in [0.1, 0.15) is 5.75 Å². The van der Waals surface area contributed by atoms with Gasteiger partial charge in [-0.1, -0.05) is 42.0 Å². The minimum Gasteiger partial charge on any atom is -0.497 e. The molecule has 0 saturated carbocycles. The molecule has 0 radical (unpaired) electrons. The van der Waals surface area contributed by atoms with Gasteiger partial charge in [0.2, 0.25) is 0 Å². The molecule has 1 N–H and O–H groups in total. The van der Waals surface area contributed by atoms with Crippen LogP contribution >= 0.6 is 0 Å². The zero-order valence-electron chi connectivity index (χ0n) is 14.1. The lowest BCUT2D eigenvalue weighted by molar-refractivity contribution is 0.240. The Labute approximate surface area is 139 Å². The normalized spacial score (nSPS) is 17.5. The Kier molecular flexibility index (Phi) is 5.31. The van der Waals surface area contributed by atoms with Crippen LogP contribution in [-0.4, -0.2) is 38.2 Å². The van der Waals surface area contributed by atoms with E-state index < -0.39 is 0 Å². The van der Waals surface area contributed by atoms with Crippen LogP contribution in [0.2, 0.25) is 0 Å². The van der Waals surface area contributed by atoms with E-state index in [1.807, 2.05) is 6.07 Å². The molecule has 0 amide bonds. The molecule has 0 spiro atoms. The van der Waals surface area contributed by atoms with Gasteiger partial charge in [0.05, 0.1) is 13.2 Å². The monoisotopic (exact) mass is 310 g/mol. The molecule has 1 fully saturated rings. The molecule has 0 aromatic heterocycles. The summed E-state index contributed by atoms with van der Waals surface area (Å²) in [5.41, 5.74) is 3.96. The summed E-state index contributed by atoms with van der Waals surface area (Å²) in [5, 5.41) is 3.50. The van der Waals surface area contributed by atoms with E-state index in [2.05, 4.69) is 59.6 Å². The summed E-state index contributed by atoms with van der Waals surface area (Å²) in [6.45, 7) is 6.47. The maximum atomic E-state index is 5.44. The van der Waals surface area contributed by atoms with Crippen LogP contribution in [0.15, 0.2) is 48.5 Å². The fourth-order valence-corrected chi connectivity index (χ4v) is 3.30. The highest BCUT2D eigenvalue weighted by Gasteiger charge is 2.23. The topological polar surface area (TPSA) is 24.5 Å². The number of aryl methyl sites for hydroxylation is 1. The van der Waals surface area contributed by atoms with Gasteiger partial charge in [-0.05, 0) is 43.1 Å². The Morgan fingerprint density at radius 3 is 2.61 bits per heavy atom. The van der Waals surface area contributed by atoms with Crippen molar-refractivity contribution in [3.05, 3.63) is 65.2 Å². The molecule has 0 bridgehead atoms. The molecular formula is C20H26N2O. The number of benzene rings is 2. The fraction of sp³-hybridized carbons (Fsp3) is 0.400.